The normalized spacial score (nSPS) is 18.9. The minimum Gasteiger partial charge on any atom is -0.311 e. The standard InChI is InChI=1S/C62H54N2/c1-45-17-19-49(20-18-45)52-25-37-58(38-26-52)63(56-33-21-50(22-34-56)47-12-5-3-6-13-47)59-39-27-53(28-40-59)54-29-41-60(42-30-54)64(57-35-23-51(24-36-57)48-14-7-4-8-15-48)61-43-31-55(32-44-61)62-16-10-9-11-46(62)2/h3-17,19-25,27-46,52,62H,18,26H2,1-2H3. The molecule has 7 aromatic carbocycles. The van der Waals surface area contributed by atoms with Crippen molar-refractivity contribution in [3.05, 3.63) is 260 Å². The van der Waals surface area contributed by atoms with E-state index in [0.717, 1.165) is 41.3 Å². The van der Waals surface area contributed by atoms with Crippen LogP contribution in [0.1, 0.15) is 38.2 Å². The lowest BCUT2D eigenvalue weighted by molar-refractivity contribution is 0.635. The van der Waals surface area contributed by atoms with Gasteiger partial charge in [-0.3, -0.25) is 0 Å². The molecule has 64 heavy (non-hydrogen) atoms. The number of allylic oxidation sites excluding steroid dienone is 11. The van der Waals surface area contributed by atoms with Crippen LogP contribution in [0.5, 0.6) is 0 Å². The number of anilines is 5. The van der Waals surface area contributed by atoms with Crippen LogP contribution >= 0.6 is 0 Å². The van der Waals surface area contributed by atoms with Crippen LogP contribution in [-0.2, 0) is 0 Å². The molecule has 7 aromatic rings. The quantitative estimate of drug-likeness (QED) is 0.128. The molecule has 0 aromatic heterocycles. The van der Waals surface area contributed by atoms with E-state index >= 15 is 0 Å². The molecule has 0 bridgehead atoms. The Morgan fingerprint density at radius 2 is 0.812 bits per heavy atom. The molecule has 312 valence electrons. The fraction of sp³-hybridized carbons (Fsp3) is 0.129. The molecule has 0 radical (unpaired) electrons. The second-order valence-corrected chi connectivity index (χ2v) is 17.4. The summed E-state index contributed by atoms with van der Waals surface area (Å²) in [5, 5.41) is 0. The molecule has 10 rings (SSSR count). The summed E-state index contributed by atoms with van der Waals surface area (Å²) in [4.78, 5) is 4.76. The lowest BCUT2D eigenvalue weighted by Gasteiger charge is -2.30. The third-order valence-corrected chi connectivity index (χ3v) is 13.1. The third kappa shape index (κ3) is 8.78. The zero-order valence-corrected chi connectivity index (χ0v) is 36.7. The number of hydrogen-bond acceptors (Lipinski definition) is 2. The third-order valence-electron chi connectivity index (χ3n) is 13.1. The molecule has 0 amide bonds. The maximum absolute atomic E-state index is 2.43. The van der Waals surface area contributed by atoms with Gasteiger partial charge in [-0.05, 0) is 136 Å². The Morgan fingerprint density at radius 1 is 0.375 bits per heavy atom. The molecule has 4 atom stereocenters. The average molecular weight is 827 g/mol. The predicted octanol–water partition coefficient (Wildman–Crippen LogP) is 17.1. The molecule has 0 saturated carbocycles. The van der Waals surface area contributed by atoms with E-state index in [1.54, 1.807) is 0 Å². The first-order chi connectivity index (χ1) is 31.5. The SMILES string of the molecule is CC1C=CC(C2C=CC(N(c3ccc(-c4ccccc4)cc3)c3ccc(-c4ccc(N(c5ccc(-c6ccccc6)cc5)c5ccc(C6C=CC=CC6C)cc5)cc4)cc3)=CC2)=CC1. The van der Waals surface area contributed by atoms with E-state index in [0.29, 0.717) is 23.7 Å². The highest BCUT2D eigenvalue weighted by Gasteiger charge is 2.21. The first-order valence-electron chi connectivity index (χ1n) is 22.9. The maximum Gasteiger partial charge on any atom is 0.0462 e. The summed E-state index contributed by atoms with van der Waals surface area (Å²) in [5.41, 5.74) is 16.8. The second-order valence-electron chi connectivity index (χ2n) is 17.4. The van der Waals surface area contributed by atoms with Gasteiger partial charge in [0.2, 0.25) is 0 Å². The van der Waals surface area contributed by atoms with Crippen LogP contribution in [0.2, 0.25) is 0 Å². The van der Waals surface area contributed by atoms with E-state index in [1.165, 1.54) is 50.2 Å². The highest BCUT2D eigenvalue weighted by molar-refractivity contribution is 5.81. The Balaban J connectivity index is 0.939. The van der Waals surface area contributed by atoms with Gasteiger partial charge < -0.3 is 9.80 Å². The van der Waals surface area contributed by atoms with Crippen LogP contribution in [0, 0.1) is 17.8 Å². The van der Waals surface area contributed by atoms with Crippen LogP contribution in [0.15, 0.2) is 254 Å². The summed E-state index contributed by atoms with van der Waals surface area (Å²) < 4.78 is 0. The molecule has 0 heterocycles. The molecule has 0 aliphatic heterocycles. The Labute approximate surface area is 379 Å². The van der Waals surface area contributed by atoms with Gasteiger partial charge in [0, 0.05) is 46.0 Å². The monoisotopic (exact) mass is 826 g/mol. The first kappa shape index (κ1) is 40.6. The average Bonchev–Trinajstić information content (AvgIpc) is 3.36. The van der Waals surface area contributed by atoms with Crippen molar-refractivity contribution in [1.29, 1.82) is 0 Å². The van der Waals surface area contributed by atoms with Crippen LogP contribution in [0.25, 0.3) is 33.4 Å². The summed E-state index contributed by atoms with van der Waals surface area (Å²) in [5.74, 6) is 1.87. The van der Waals surface area contributed by atoms with Crippen molar-refractivity contribution in [3.8, 4) is 33.4 Å². The Bertz CT molecular complexity index is 2860. The molecule has 3 aliphatic carbocycles. The van der Waals surface area contributed by atoms with E-state index in [9.17, 15) is 0 Å². The number of nitrogens with zero attached hydrogens (tertiary/aromatic N) is 2. The Morgan fingerprint density at radius 3 is 1.23 bits per heavy atom. The van der Waals surface area contributed by atoms with E-state index < -0.39 is 0 Å². The van der Waals surface area contributed by atoms with Gasteiger partial charge in [-0.25, -0.2) is 0 Å². The van der Waals surface area contributed by atoms with Crippen molar-refractivity contribution in [2.24, 2.45) is 17.8 Å². The second kappa shape index (κ2) is 18.5. The smallest absolute Gasteiger partial charge is 0.0462 e. The highest BCUT2D eigenvalue weighted by atomic mass is 15.1. The topological polar surface area (TPSA) is 6.48 Å². The van der Waals surface area contributed by atoms with E-state index in [1.807, 2.05) is 0 Å². The maximum atomic E-state index is 2.43. The zero-order chi connectivity index (χ0) is 43.2. The molecule has 0 saturated heterocycles. The molecule has 4 unspecified atom stereocenters. The van der Waals surface area contributed by atoms with Gasteiger partial charge in [0.25, 0.3) is 0 Å². The van der Waals surface area contributed by atoms with Gasteiger partial charge in [0.15, 0.2) is 0 Å². The van der Waals surface area contributed by atoms with Crippen LogP contribution < -0.4 is 9.80 Å². The molecular weight excluding hydrogens is 773 g/mol. The summed E-state index contributed by atoms with van der Waals surface area (Å²) in [6, 6.07) is 66.4. The summed E-state index contributed by atoms with van der Waals surface area (Å²) in [6.45, 7) is 4.58. The van der Waals surface area contributed by atoms with E-state index in [4.69, 9.17) is 0 Å². The van der Waals surface area contributed by atoms with Crippen LogP contribution in [0.3, 0.4) is 0 Å². The largest absolute Gasteiger partial charge is 0.311 e. The Hall–Kier alpha value is -7.42. The van der Waals surface area contributed by atoms with Crippen molar-refractivity contribution < 1.29 is 0 Å². The summed E-state index contributed by atoms with van der Waals surface area (Å²) in [6.07, 6.45) is 25.3. The van der Waals surface area contributed by atoms with Gasteiger partial charge >= 0.3 is 0 Å². The molecule has 0 fully saturated rings. The summed E-state index contributed by atoms with van der Waals surface area (Å²) >= 11 is 0. The van der Waals surface area contributed by atoms with E-state index in [2.05, 4.69) is 266 Å². The highest BCUT2D eigenvalue weighted by Crippen LogP contribution is 2.40. The Kier molecular flexibility index (Phi) is 11.8. The minimum absolute atomic E-state index is 0.379. The minimum atomic E-state index is 0.379. The molecule has 3 aliphatic rings. The first-order valence-corrected chi connectivity index (χ1v) is 22.9. The van der Waals surface area contributed by atoms with Gasteiger partial charge in [0.05, 0.1) is 0 Å². The van der Waals surface area contributed by atoms with Crippen molar-refractivity contribution >= 4 is 28.4 Å². The number of benzene rings is 7. The predicted molar refractivity (Wildman–Crippen MR) is 273 cm³/mol. The molecule has 0 spiro atoms. The zero-order valence-electron chi connectivity index (χ0n) is 36.7. The fourth-order valence-electron chi connectivity index (χ4n) is 9.39. The van der Waals surface area contributed by atoms with Gasteiger partial charge in [-0.1, -0.05) is 190 Å². The summed E-state index contributed by atoms with van der Waals surface area (Å²) in [7, 11) is 0. The van der Waals surface area contributed by atoms with Crippen molar-refractivity contribution in [1.82, 2.24) is 0 Å². The van der Waals surface area contributed by atoms with Gasteiger partial charge in [-0.15, -0.1) is 0 Å². The van der Waals surface area contributed by atoms with Crippen molar-refractivity contribution in [2.75, 3.05) is 9.80 Å². The lowest BCUT2D eigenvalue weighted by atomic mass is 9.84. The molecule has 0 N–H and O–H groups in total. The van der Waals surface area contributed by atoms with Gasteiger partial charge in [0.1, 0.15) is 0 Å². The number of hydrogen-bond donors (Lipinski definition) is 0. The van der Waals surface area contributed by atoms with Crippen LogP contribution in [0.4, 0.5) is 28.4 Å². The van der Waals surface area contributed by atoms with Gasteiger partial charge in [-0.2, -0.15) is 0 Å². The van der Waals surface area contributed by atoms with Crippen molar-refractivity contribution in [2.45, 2.75) is 32.6 Å². The molecule has 2 heteroatoms. The van der Waals surface area contributed by atoms with Crippen LogP contribution in [-0.4, -0.2) is 0 Å². The lowest BCUT2D eigenvalue weighted by Crippen LogP contribution is -2.18. The molecular formula is C62H54N2. The van der Waals surface area contributed by atoms with E-state index in [-0.39, 0.29) is 0 Å². The molecule has 2 nitrogen and oxygen atoms in total. The number of rotatable bonds is 11. The van der Waals surface area contributed by atoms with Crippen molar-refractivity contribution in [3.63, 3.8) is 0 Å². The fourth-order valence-corrected chi connectivity index (χ4v) is 9.39.